The molecule has 3 rings (SSSR count). The molecule has 0 saturated carbocycles. The third-order valence-corrected chi connectivity index (χ3v) is 3.55. The first kappa shape index (κ1) is 14.1. The van der Waals surface area contributed by atoms with Crippen LogP contribution in [0.15, 0.2) is 40.8 Å². The third kappa shape index (κ3) is 2.11. The van der Waals surface area contributed by atoms with E-state index >= 15 is 0 Å². The van der Waals surface area contributed by atoms with Crippen LogP contribution in [0.4, 0.5) is 0 Å². The van der Waals surface area contributed by atoms with Crippen molar-refractivity contribution < 1.29 is 18.7 Å². The van der Waals surface area contributed by atoms with Crippen LogP contribution in [0, 0.1) is 0 Å². The first-order valence-electron chi connectivity index (χ1n) is 6.97. The van der Waals surface area contributed by atoms with Crippen LogP contribution in [0.3, 0.4) is 0 Å². The highest BCUT2D eigenvalue weighted by atomic mass is 16.5. The van der Waals surface area contributed by atoms with Gasteiger partial charge in [0.05, 0.1) is 17.7 Å². The minimum absolute atomic E-state index is 0.213. The van der Waals surface area contributed by atoms with E-state index < -0.39 is 5.97 Å². The zero-order valence-corrected chi connectivity index (χ0v) is 12.3. The number of esters is 1. The second-order valence-corrected chi connectivity index (χ2v) is 4.85. The van der Waals surface area contributed by atoms with Crippen molar-refractivity contribution in [2.24, 2.45) is 7.05 Å². The maximum absolute atomic E-state index is 12.0. The highest BCUT2D eigenvalue weighted by Crippen LogP contribution is 2.32. The Hall–Kier alpha value is -2.82. The predicted octanol–water partition coefficient (Wildman–Crippen LogP) is 3.43. The van der Waals surface area contributed by atoms with Crippen LogP contribution in [0.2, 0.25) is 0 Å². The normalized spacial score (nSPS) is 10.8. The van der Waals surface area contributed by atoms with Crippen LogP contribution in [0.25, 0.3) is 22.4 Å². The van der Waals surface area contributed by atoms with E-state index in [2.05, 4.69) is 0 Å². The lowest BCUT2D eigenvalue weighted by molar-refractivity contribution is 0.0513. The molecular formula is C17H15NO4. The van der Waals surface area contributed by atoms with Gasteiger partial charge in [-0.05, 0) is 6.92 Å². The Morgan fingerprint density at radius 2 is 2.05 bits per heavy atom. The molecule has 1 aromatic carbocycles. The van der Waals surface area contributed by atoms with Crippen molar-refractivity contribution in [1.82, 2.24) is 4.57 Å². The second-order valence-electron chi connectivity index (χ2n) is 4.85. The number of benzene rings is 1. The maximum Gasteiger partial charge on any atom is 0.355 e. The average Bonchev–Trinajstić information content (AvgIpc) is 3.07. The molecule has 3 aromatic rings. The number of rotatable bonds is 4. The zero-order chi connectivity index (χ0) is 15.7. The number of hydrogen-bond donors (Lipinski definition) is 0. The van der Waals surface area contributed by atoms with E-state index in [1.165, 1.54) is 0 Å². The van der Waals surface area contributed by atoms with Crippen LogP contribution < -0.4 is 0 Å². The Kier molecular flexibility index (Phi) is 3.55. The third-order valence-electron chi connectivity index (χ3n) is 3.55. The van der Waals surface area contributed by atoms with Crippen molar-refractivity contribution in [1.29, 1.82) is 0 Å². The molecule has 0 atom stereocenters. The van der Waals surface area contributed by atoms with Crippen molar-refractivity contribution in [2.45, 2.75) is 6.92 Å². The summed E-state index contributed by atoms with van der Waals surface area (Å²) in [5.41, 5.74) is 2.43. The predicted molar refractivity (Wildman–Crippen MR) is 82.0 cm³/mol. The van der Waals surface area contributed by atoms with Gasteiger partial charge in [-0.1, -0.05) is 30.3 Å². The van der Waals surface area contributed by atoms with E-state index in [4.69, 9.17) is 9.15 Å². The molecule has 0 bridgehead atoms. The van der Waals surface area contributed by atoms with E-state index in [1.807, 2.05) is 36.4 Å². The van der Waals surface area contributed by atoms with Gasteiger partial charge in [-0.3, -0.25) is 4.79 Å². The smallest absolute Gasteiger partial charge is 0.355 e. The van der Waals surface area contributed by atoms with E-state index in [1.54, 1.807) is 18.5 Å². The van der Waals surface area contributed by atoms with Crippen LogP contribution >= 0.6 is 0 Å². The van der Waals surface area contributed by atoms with Gasteiger partial charge in [-0.2, -0.15) is 0 Å². The Labute approximate surface area is 127 Å². The first-order valence-corrected chi connectivity index (χ1v) is 6.97. The van der Waals surface area contributed by atoms with Gasteiger partial charge in [0.25, 0.3) is 0 Å². The molecule has 5 heteroatoms. The molecule has 0 saturated heterocycles. The standard InChI is InChI=1S/C17H15NO4/c1-3-21-17(20)15-12(10-19)16-13(18(15)2)9-14(22-16)11-7-5-4-6-8-11/h4-10H,3H2,1-2H3. The maximum atomic E-state index is 12.0. The highest BCUT2D eigenvalue weighted by molar-refractivity contribution is 6.07. The Bertz CT molecular complexity index is 843. The molecule has 0 fully saturated rings. The number of ether oxygens (including phenoxy) is 1. The molecule has 0 amide bonds. The summed E-state index contributed by atoms with van der Waals surface area (Å²) in [7, 11) is 1.71. The van der Waals surface area contributed by atoms with Crippen LogP contribution in [0.5, 0.6) is 0 Å². The lowest BCUT2D eigenvalue weighted by atomic mass is 10.2. The minimum Gasteiger partial charge on any atom is -0.461 e. The number of nitrogens with zero attached hydrogens (tertiary/aromatic N) is 1. The lowest BCUT2D eigenvalue weighted by Crippen LogP contribution is -2.12. The molecule has 22 heavy (non-hydrogen) atoms. The largest absolute Gasteiger partial charge is 0.461 e. The van der Waals surface area contributed by atoms with E-state index in [9.17, 15) is 9.59 Å². The number of fused-ring (bicyclic) bond motifs is 1. The summed E-state index contributed by atoms with van der Waals surface area (Å²) in [5, 5.41) is 0. The fraction of sp³-hybridized carbons (Fsp3) is 0.176. The minimum atomic E-state index is -0.528. The number of aldehydes is 1. The van der Waals surface area contributed by atoms with Gasteiger partial charge in [-0.15, -0.1) is 0 Å². The molecule has 0 unspecified atom stereocenters. The Morgan fingerprint density at radius 1 is 1.32 bits per heavy atom. The van der Waals surface area contributed by atoms with E-state index in [0.29, 0.717) is 23.1 Å². The van der Waals surface area contributed by atoms with E-state index in [-0.39, 0.29) is 17.9 Å². The Morgan fingerprint density at radius 3 is 2.68 bits per heavy atom. The second kappa shape index (κ2) is 5.52. The molecule has 112 valence electrons. The molecule has 0 aliphatic carbocycles. The summed E-state index contributed by atoms with van der Waals surface area (Å²) >= 11 is 0. The van der Waals surface area contributed by atoms with Crippen molar-refractivity contribution in [3.8, 4) is 11.3 Å². The molecule has 2 aromatic heterocycles. The summed E-state index contributed by atoms with van der Waals surface area (Å²) < 4.78 is 12.4. The zero-order valence-electron chi connectivity index (χ0n) is 12.3. The van der Waals surface area contributed by atoms with Gasteiger partial charge in [0.1, 0.15) is 11.5 Å². The van der Waals surface area contributed by atoms with Gasteiger partial charge in [0, 0.05) is 18.7 Å². The molecule has 5 nitrogen and oxygen atoms in total. The van der Waals surface area contributed by atoms with Gasteiger partial charge < -0.3 is 13.7 Å². The van der Waals surface area contributed by atoms with Crippen LogP contribution in [-0.4, -0.2) is 23.4 Å². The van der Waals surface area contributed by atoms with Gasteiger partial charge in [-0.25, -0.2) is 4.79 Å². The van der Waals surface area contributed by atoms with Gasteiger partial charge in [0.15, 0.2) is 11.9 Å². The molecular weight excluding hydrogens is 282 g/mol. The SMILES string of the molecule is CCOC(=O)c1c(C=O)c2oc(-c3ccccc3)cc2n1C. The summed E-state index contributed by atoms with van der Waals surface area (Å²) in [4.78, 5) is 23.5. The molecule has 0 spiro atoms. The van der Waals surface area contributed by atoms with Crippen molar-refractivity contribution in [3.05, 3.63) is 47.7 Å². The fourth-order valence-electron chi connectivity index (χ4n) is 2.53. The highest BCUT2D eigenvalue weighted by Gasteiger charge is 2.25. The number of aromatic nitrogens is 1. The Balaban J connectivity index is 2.19. The quantitative estimate of drug-likeness (QED) is 0.547. The number of furan rings is 1. The first-order chi connectivity index (χ1) is 10.7. The average molecular weight is 297 g/mol. The molecule has 0 radical (unpaired) electrons. The number of aryl methyl sites for hydroxylation is 1. The van der Waals surface area contributed by atoms with Crippen molar-refractivity contribution >= 4 is 23.4 Å². The summed E-state index contributed by atoms with van der Waals surface area (Å²) in [6.45, 7) is 1.97. The van der Waals surface area contributed by atoms with Crippen LogP contribution in [0.1, 0.15) is 27.8 Å². The number of carbonyl (C=O) groups excluding carboxylic acids is 2. The molecule has 0 aliphatic rings. The number of hydrogen-bond acceptors (Lipinski definition) is 4. The van der Waals surface area contributed by atoms with Gasteiger partial charge in [0.2, 0.25) is 0 Å². The van der Waals surface area contributed by atoms with Crippen molar-refractivity contribution in [3.63, 3.8) is 0 Å². The molecule has 0 N–H and O–H groups in total. The topological polar surface area (TPSA) is 61.4 Å². The monoisotopic (exact) mass is 297 g/mol. The molecule has 2 heterocycles. The lowest BCUT2D eigenvalue weighted by Gasteiger charge is -2.04. The fourth-order valence-corrected chi connectivity index (χ4v) is 2.53. The van der Waals surface area contributed by atoms with Crippen LogP contribution in [-0.2, 0) is 11.8 Å². The molecule has 0 aliphatic heterocycles. The summed E-state index contributed by atoms with van der Waals surface area (Å²) in [6, 6.07) is 11.4. The number of carbonyl (C=O) groups is 2. The van der Waals surface area contributed by atoms with Crippen molar-refractivity contribution in [2.75, 3.05) is 6.61 Å². The van der Waals surface area contributed by atoms with Gasteiger partial charge >= 0.3 is 5.97 Å². The van der Waals surface area contributed by atoms with E-state index in [0.717, 1.165) is 5.56 Å². The summed E-state index contributed by atoms with van der Waals surface area (Å²) in [6.07, 6.45) is 0.632. The summed E-state index contributed by atoms with van der Waals surface area (Å²) in [5.74, 6) is 0.125.